The summed E-state index contributed by atoms with van der Waals surface area (Å²) >= 11 is 0. The van der Waals surface area contributed by atoms with Crippen LogP contribution in [-0.2, 0) is 41.0 Å². The molecule has 1 aliphatic carbocycles. The molecule has 0 aliphatic heterocycles. The Morgan fingerprint density at radius 2 is 1.52 bits per heavy atom. The fourth-order valence-electron chi connectivity index (χ4n) is 4.34. The van der Waals surface area contributed by atoms with Crippen LogP contribution in [0.2, 0.25) is 0 Å². The van der Waals surface area contributed by atoms with Crippen LogP contribution in [0.15, 0.2) is 60.7 Å². The minimum atomic E-state index is -3.68. The van der Waals surface area contributed by atoms with E-state index in [2.05, 4.69) is 16.0 Å². The molecule has 3 amide bonds. The van der Waals surface area contributed by atoms with Crippen LogP contribution in [0.1, 0.15) is 49.7 Å². The zero-order valence-corrected chi connectivity index (χ0v) is 24.1. The molecule has 3 N–H and O–H groups in total. The summed E-state index contributed by atoms with van der Waals surface area (Å²) in [4.78, 5) is 38.2. The predicted molar refractivity (Wildman–Crippen MR) is 151 cm³/mol. The minimum Gasteiger partial charge on any atom is -0.445 e. The summed E-state index contributed by atoms with van der Waals surface area (Å²) in [6.45, 7) is 0.538. The molecular formula is C29H40N3O7P. The van der Waals surface area contributed by atoms with Gasteiger partial charge in [-0.05, 0) is 43.2 Å². The highest BCUT2D eigenvalue weighted by Crippen LogP contribution is 2.51. The SMILES string of the molecule is COP(=O)(OC)C(Cc1ccccc1)NC(=O)[C@H](CCCCNC(=O)OCc1ccccc1)NC(=O)C1CCC1. The molecule has 0 spiro atoms. The number of amides is 3. The van der Waals surface area contributed by atoms with Crippen molar-refractivity contribution in [2.24, 2.45) is 5.92 Å². The number of hydrogen-bond donors (Lipinski definition) is 3. The molecular weight excluding hydrogens is 533 g/mol. The van der Waals surface area contributed by atoms with Crippen molar-refractivity contribution in [2.75, 3.05) is 20.8 Å². The fourth-order valence-corrected chi connectivity index (χ4v) is 5.72. The van der Waals surface area contributed by atoms with Gasteiger partial charge in [0.25, 0.3) is 0 Å². The second-order valence-corrected chi connectivity index (χ2v) is 12.2. The van der Waals surface area contributed by atoms with Gasteiger partial charge < -0.3 is 29.7 Å². The monoisotopic (exact) mass is 573 g/mol. The maximum atomic E-state index is 13.4. The van der Waals surface area contributed by atoms with E-state index in [1.807, 2.05) is 60.7 Å². The molecule has 0 bridgehead atoms. The van der Waals surface area contributed by atoms with Crippen LogP contribution in [0, 0.1) is 5.92 Å². The second-order valence-electron chi connectivity index (χ2n) is 9.79. The summed E-state index contributed by atoms with van der Waals surface area (Å²) in [5, 5.41) is 8.41. The highest BCUT2D eigenvalue weighted by molar-refractivity contribution is 7.54. The summed E-state index contributed by atoms with van der Waals surface area (Å²) in [6.07, 6.45) is 3.77. The van der Waals surface area contributed by atoms with Crippen LogP contribution in [-0.4, -0.2) is 50.5 Å². The lowest BCUT2D eigenvalue weighted by atomic mass is 9.84. The molecule has 0 saturated heterocycles. The van der Waals surface area contributed by atoms with Crippen molar-refractivity contribution in [3.63, 3.8) is 0 Å². The Bertz CT molecular complexity index is 1120. The van der Waals surface area contributed by atoms with Crippen molar-refractivity contribution in [2.45, 2.75) is 63.4 Å². The number of hydrogen-bond acceptors (Lipinski definition) is 7. The van der Waals surface area contributed by atoms with Crippen LogP contribution < -0.4 is 16.0 Å². The number of carbonyl (C=O) groups is 3. The van der Waals surface area contributed by atoms with E-state index in [4.69, 9.17) is 13.8 Å². The van der Waals surface area contributed by atoms with Crippen molar-refractivity contribution in [1.29, 1.82) is 0 Å². The molecule has 0 aromatic heterocycles. The standard InChI is InChI=1S/C29H40N3O7P/c1-37-40(36,38-2)26(20-22-12-5-3-6-13-22)32-28(34)25(31-27(33)24-16-11-17-24)18-9-10-19-30-29(35)39-21-23-14-7-4-8-15-23/h3-8,12-15,24-26H,9-11,16-21H2,1-2H3,(H,30,35)(H,31,33)(H,32,34)/t25-,26?/m0/s1. The van der Waals surface area contributed by atoms with Crippen molar-refractivity contribution >= 4 is 25.5 Å². The second kappa shape index (κ2) is 16.2. The van der Waals surface area contributed by atoms with Gasteiger partial charge in [0.2, 0.25) is 11.8 Å². The molecule has 11 heteroatoms. The molecule has 218 valence electrons. The number of alkyl carbamates (subject to hydrolysis) is 1. The Kier molecular flexibility index (Phi) is 12.7. The quantitative estimate of drug-likeness (QED) is 0.198. The summed E-state index contributed by atoms with van der Waals surface area (Å²) < 4.78 is 28.9. The van der Waals surface area contributed by atoms with Crippen molar-refractivity contribution in [3.05, 3.63) is 71.8 Å². The third kappa shape index (κ3) is 9.77. The van der Waals surface area contributed by atoms with Gasteiger partial charge in [0.15, 0.2) is 0 Å². The lowest BCUT2D eigenvalue weighted by molar-refractivity contribution is -0.133. The maximum absolute atomic E-state index is 13.4. The van der Waals surface area contributed by atoms with Gasteiger partial charge in [0.1, 0.15) is 18.4 Å². The molecule has 1 aliphatic rings. The molecule has 2 atom stereocenters. The van der Waals surface area contributed by atoms with E-state index in [0.717, 1.165) is 30.4 Å². The van der Waals surface area contributed by atoms with E-state index >= 15 is 0 Å². The number of ether oxygens (including phenoxy) is 1. The Morgan fingerprint density at radius 3 is 2.10 bits per heavy atom. The van der Waals surface area contributed by atoms with E-state index in [0.29, 0.717) is 25.8 Å². The van der Waals surface area contributed by atoms with Gasteiger partial charge in [0, 0.05) is 33.1 Å². The highest BCUT2D eigenvalue weighted by atomic mass is 31.2. The summed E-state index contributed by atoms with van der Waals surface area (Å²) in [7, 11) is -1.12. The average Bonchev–Trinajstić information content (AvgIpc) is 2.94. The molecule has 1 fully saturated rings. The van der Waals surface area contributed by atoms with Crippen molar-refractivity contribution in [3.8, 4) is 0 Å². The first-order valence-electron chi connectivity index (χ1n) is 13.6. The number of carbonyl (C=O) groups excluding carboxylic acids is 3. The zero-order valence-electron chi connectivity index (χ0n) is 23.2. The van der Waals surface area contributed by atoms with Crippen LogP contribution in [0.4, 0.5) is 4.79 Å². The molecule has 1 unspecified atom stereocenters. The average molecular weight is 574 g/mol. The molecule has 1 saturated carbocycles. The number of nitrogens with one attached hydrogen (secondary N) is 3. The Morgan fingerprint density at radius 1 is 0.900 bits per heavy atom. The molecule has 3 rings (SSSR count). The van der Waals surface area contributed by atoms with Crippen LogP contribution in [0.25, 0.3) is 0 Å². The largest absolute Gasteiger partial charge is 0.445 e. The van der Waals surface area contributed by atoms with Gasteiger partial charge in [-0.3, -0.25) is 14.2 Å². The third-order valence-corrected chi connectivity index (χ3v) is 9.08. The first-order valence-corrected chi connectivity index (χ1v) is 15.3. The lowest BCUT2D eigenvalue weighted by Gasteiger charge is -2.30. The maximum Gasteiger partial charge on any atom is 0.407 e. The Hall–Kier alpha value is -3.20. The number of benzene rings is 2. The molecule has 10 nitrogen and oxygen atoms in total. The first-order chi connectivity index (χ1) is 19.3. The normalized spacial score (nSPS) is 14.8. The molecule has 2 aromatic rings. The summed E-state index contributed by atoms with van der Waals surface area (Å²) in [5.74, 6) is -1.66. The summed E-state index contributed by atoms with van der Waals surface area (Å²) in [5.41, 5.74) is 1.74. The van der Waals surface area contributed by atoms with E-state index < -0.39 is 31.4 Å². The van der Waals surface area contributed by atoms with Gasteiger partial charge >= 0.3 is 13.7 Å². The zero-order chi connectivity index (χ0) is 28.8. The van der Waals surface area contributed by atoms with Gasteiger partial charge in [-0.25, -0.2) is 4.79 Å². The van der Waals surface area contributed by atoms with Gasteiger partial charge in [-0.15, -0.1) is 0 Å². The van der Waals surface area contributed by atoms with Crippen molar-refractivity contribution in [1.82, 2.24) is 16.0 Å². The van der Waals surface area contributed by atoms with Gasteiger partial charge in [-0.1, -0.05) is 67.1 Å². The lowest BCUT2D eigenvalue weighted by Crippen LogP contribution is -2.52. The van der Waals surface area contributed by atoms with E-state index in [1.165, 1.54) is 14.2 Å². The van der Waals surface area contributed by atoms with Crippen LogP contribution in [0.3, 0.4) is 0 Å². The third-order valence-electron chi connectivity index (χ3n) is 6.98. The first kappa shape index (κ1) is 31.3. The molecule has 0 heterocycles. The Balaban J connectivity index is 1.56. The number of rotatable bonds is 16. The molecule has 0 radical (unpaired) electrons. The van der Waals surface area contributed by atoms with Crippen LogP contribution in [0.5, 0.6) is 0 Å². The van der Waals surface area contributed by atoms with Gasteiger partial charge in [0.05, 0.1) is 0 Å². The number of unbranched alkanes of at least 4 members (excludes halogenated alkanes) is 1. The topological polar surface area (TPSA) is 132 Å². The van der Waals surface area contributed by atoms with Gasteiger partial charge in [-0.2, -0.15) is 0 Å². The van der Waals surface area contributed by atoms with E-state index in [9.17, 15) is 18.9 Å². The smallest absolute Gasteiger partial charge is 0.407 e. The van der Waals surface area contributed by atoms with Crippen LogP contribution >= 0.6 is 7.60 Å². The predicted octanol–water partition coefficient (Wildman–Crippen LogP) is 4.54. The van der Waals surface area contributed by atoms with Crippen molar-refractivity contribution < 1.29 is 32.7 Å². The minimum absolute atomic E-state index is 0.0967. The highest BCUT2D eigenvalue weighted by Gasteiger charge is 2.37. The molecule has 40 heavy (non-hydrogen) atoms. The van der Waals surface area contributed by atoms with E-state index in [-0.39, 0.29) is 24.9 Å². The van der Waals surface area contributed by atoms with E-state index in [1.54, 1.807) is 0 Å². The summed E-state index contributed by atoms with van der Waals surface area (Å²) in [6, 6.07) is 17.9. The Labute approximate surface area is 236 Å². The molecule has 2 aromatic carbocycles. The fraction of sp³-hybridized carbons (Fsp3) is 0.483.